The minimum Gasteiger partial charge on any atom is -0.343 e. The molecule has 5 rings (SSSR count). The van der Waals surface area contributed by atoms with Crippen LogP contribution in [0.5, 0.6) is 0 Å². The van der Waals surface area contributed by atoms with Crippen LogP contribution in [0.15, 0.2) is 43.1 Å². The van der Waals surface area contributed by atoms with Gasteiger partial charge in [-0.1, -0.05) is 6.42 Å². The third-order valence-electron chi connectivity index (χ3n) is 6.29. The number of aromatic nitrogens is 4. The summed E-state index contributed by atoms with van der Waals surface area (Å²) in [6, 6.07) is 5.42. The van der Waals surface area contributed by atoms with Gasteiger partial charge < -0.3 is 14.8 Å². The van der Waals surface area contributed by atoms with Gasteiger partial charge in [0.05, 0.1) is 23.0 Å². The number of likely N-dealkylation sites (tertiary alicyclic amines) is 2. The highest BCUT2D eigenvalue weighted by molar-refractivity contribution is 5.96. The first-order valence-electron chi connectivity index (χ1n) is 10.5. The summed E-state index contributed by atoms with van der Waals surface area (Å²) in [6.45, 7) is 3.00. The fourth-order valence-corrected chi connectivity index (χ4v) is 4.52. The highest BCUT2D eigenvalue weighted by Gasteiger charge is 2.38. The maximum Gasteiger partial charge on any atom is 0.255 e. The van der Waals surface area contributed by atoms with Gasteiger partial charge in [0.2, 0.25) is 0 Å². The Labute approximate surface area is 174 Å². The van der Waals surface area contributed by atoms with Crippen LogP contribution in [0.2, 0.25) is 0 Å². The van der Waals surface area contributed by atoms with Crippen LogP contribution >= 0.6 is 0 Å². The molecule has 8 nitrogen and oxygen atoms in total. The van der Waals surface area contributed by atoms with Crippen molar-refractivity contribution in [1.29, 1.82) is 0 Å². The number of carbonyl (C=O) groups is 2. The fourth-order valence-electron chi connectivity index (χ4n) is 4.52. The summed E-state index contributed by atoms with van der Waals surface area (Å²) in [5, 5.41) is 0. The molecule has 1 atom stereocenters. The summed E-state index contributed by atoms with van der Waals surface area (Å²) in [6.07, 6.45) is 9.71. The Morgan fingerprint density at radius 1 is 0.967 bits per heavy atom. The molecule has 1 N–H and O–H groups in total. The van der Waals surface area contributed by atoms with Crippen LogP contribution in [0.25, 0.3) is 11.2 Å². The van der Waals surface area contributed by atoms with Gasteiger partial charge in [-0.3, -0.25) is 14.6 Å². The topological polar surface area (TPSA) is 95.1 Å². The van der Waals surface area contributed by atoms with E-state index in [0.29, 0.717) is 28.6 Å². The van der Waals surface area contributed by atoms with E-state index in [0.717, 1.165) is 51.0 Å². The molecule has 2 amide bonds. The molecule has 30 heavy (non-hydrogen) atoms. The molecule has 2 fully saturated rings. The van der Waals surface area contributed by atoms with Crippen LogP contribution in [0.1, 0.15) is 40.0 Å². The molecule has 3 aromatic rings. The summed E-state index contributed by atoms with van der Waals surface area (Å²) in [5.41, 5.74) is 2.62. The summed E-state index contributed by atoms with van der Waals surface area (Å²) >= 11 is 0. The highest BCUT2D eigenvalue weighted by Crippen LogP contribution is 2.32. The van der Waals surface area contributed by atoms with Crippen LogP contribution in [0.3, 0.4) is 0 Å². The first kappa shape index (κ1) is 18.7. The molecule has 0 saturated carbocycles. The molecule has 0 bridgehead atoms. The smallest absolute Gasteiger partial charge is 0.255 e. The van der Waals surface area contributed by atoms with E-state index in [2.05, 4.69) is 19.9 Å². The zero-order valence-electron chi connectivity index (χ0n) is 16.7. The SMILES string of the molecule is O=C(c1cnc2nc[nH]c2c1)N1CCCCC(C2CN(C(=O)c3cccnc3)C2)C1. The second-order valence-corrected chi connectivity index (χ2v) is 8.22. The number of pyridine rings is 2. The van der Waals surface area contributed by atoms with E-state index >= 15 is 0 Å². The van der Waals surface area contributed by atoms with Crippen LogP contribution in [0, 0.1) is 11.8 Å². The van der Waals surface area contributed by atoms with Crippen molar-refractivity contribution in [2.45, 2.75) is 19.3 Å². The van der Waals surface area contributed by atoms with Crippen molar-refractivity contribution < 1.29 is 9.59 Å². The minimum atomic E-state index is 0.0218. The molecular weight excluding hydrogens is 380 g/mol. The Morgan fingerprint density at radius 3 is 2.63 bits per heavy atom. The first-order valence-corrected chi connectivity index (χ1v) is 10.5. The molecular formula is C22H24N6O2. The largest absolute Gasteiger partial charge is 0.343 e. The number of nitrogens with one attached hydrogen (secondary N) is 1. The maximum atomic E-state index is 13.1. The Morgan fingerprint density at radius 2 is 1.80 bits per heavy atom. The molecule has 154 valence electrons. The van der Waals surface area contributed by atoms with E-state index in [9.17, 15) is 9.59 Å². The molecule has 8 heteroatoms. The van der Waals surface area contributed by atoms with Gasteiger partial charge in [-0.2, -0.15) is 0 Å². The average Bonchev–Trinajstić information content (AvgIpc) is 3.09. The quantitative estimate of drug-likeness (QED) is 0.723. The second kappa shape index (κ2) is 7.85. The standard InChI is InChI=1S/C22H24N6O2/c29-21(15-5-3-6-23-9-15)28-12-18(13-28)16-4-1-2-7-27(11-16)22(30)17-8-19-20(24-10-17)26-14-25-19/h3,5-6,8-10,14,16,18H,1-2,4,7,11-13H2,(H,24,25,26). The predicted molar refractivity (Wildman–Crippen MR) is 111 cm³/mol. The van der Waals surface area contributed by atoms with Crippen LogP contribution in [-0.4, -0.2) is 67.7 Å². The summed E-state index contributed by atoms with van der Waals surface area (Å²) in [7, 11) is 0. The molecule has 0 aromatic carbocycles. The number of nitrogens with zero attached hydrogens (tertiary/aromatic N) is 5. The third-order valence-corrected chi connectivity index (χ3v) is 6.29. The number of fused-ring (bicyclic) bond motifs is 1. The normalized spacial score (nSPS) is 20.1. The van der Waals surface area contributed by atoms with Gasteiger partial charge in [0.25, 0.3) is 11.8 Å². The highest BCUT2D eigenvalue weighted by atomic mass is 16.2. The lowest BCUT2D eigenvalue weighted by atomic mass is 9.82. The van der Waals surface area contributed by atoms with E-state index in [1.165, 1.54) is 0 Å². The van der Waals surface area contributed by atoms with E-state index in [1.54, 1.807) is 37.1 Å². The summed E-state index contributed by atoms with van der Waals surface area (Å²) < 4.78 is 0. The van der Waals surface area contributed by atoms with Crippen molar-refractivity contribution in [1.82, 2.24) is 29.7 Å². The number of hydrogen-bond donors (Lipinski definition) is 1. The zero-order chi connectivity index (χ0) is 20.5. The van der Waals surface area contributed by atoms with Crippen LogP contribution < -0.4 is 0 Å². The van der Waals surface area contributed by atoms with E-state index in [1.807, 2.05) is 15.9 Å². The third kappa shape index (κ3) is 3.53. The number of aromatic amines is 1. The van der Waals surface area contributed by atoms with E-state index < -0.39 is 0 Å². The maximum absolute atomic E-state index is 13.1. The summed E-state index contributed by atoms with van der Waals surface area (Å²) in [4.78, 5) is 45.0. The molecule has 2 saturated heterocycles. The molecule has 1 unspecified atom stereocenters. The number of rotatable bonds is 3. The monoisotopic (exact) mass is 404 g/mol. The molecule has 0 aliphatic carbocycles. The molecule has 2 aliphatic heterocycles. The first-order chi connectivity index (χ1) is 14.7. The van der Waals surface area contributed by atoms with Crippen molar-refractivity contribution in [2.24, 2.45) is 11.8 Å². The lowest BCUT2D eigenvalue weighted by Crippen LogP contribution is -2.54. The van der Waals surface area contributed by atoms with Gasteiger partial charge in [-0.25, -0.2) is 9.97 Å². The van der Waals surface area contributed by atoms with Gasteiger partial charge in [-0.05, 0) is 42.9 Å². The van der Waals surface area contributed by atoms with Crippen molar-refractivity contribution in [3.63, 3.8) is 0 Å². The number of hydrogen-bond acceptors (Lipinski definition) is 5. The van der Waals surface area contributed by atoms with Crippen molar-refractivity contribution in [2.75, 3.05) is 26.2 Å². The molecule has 0 spiro atoms. The van der Waals surface area contributed by atoms with E-state index in [-0.39, 0.29) is 11.8 Å². The Balaban J connectivity index is 1.24. The zero-order valence-corrected chi connectivity index (χ0v) is 16.7. The lowest BCUT2D eigenvalue weighted by molar-refractivity contribution is 0.0294. The number of imidazole rings is 1. The van der Waals surface area contributed by atoms with Gasteiger partial charge >= 0.3 is 0 Å². The summed E-state index contributed by atoms with van der Waals surface area (Å²) in [5.74, 6) is 0.916. The second-order valence-electron chi connectivity index (χ2n) is 8.22. The van der Waals surface area contributed by atoms with Gasteiger partial charge in [0.15, 0.2) is 5.65 Å². The van der Waals surface area contributed by atoms with Gasteiger partial charge in [0.1, 0.15) is 0 Å². The molecule has 2 aliphatic rings. The fraction of sp³-hybridized carbons (Fsp3) is 0.409. The van der Waals surface area contributed by atoms with E-state index in [4.69, 9.17) is 0 Å². The predicted octanol–water partition coefficient (Wildman–Crippen LogP) is 2.37. The Kier molecular flexibility index (Phi) is 4.90. The minimum absolute atomic E-state index is 0.0218. The number of carbonyl (C=O) groups excluding carboxylic acids is 2. The Bertz CT molecular complexity index is 1060. The number of amides is 2. The number of H-pyrrole nitrogens is 1. The lowest BCUT2D eigenvalue weighted by Gasteiger charge is -2.44. The average molecular weight is 404 g/mol. The van der Waals surface area contributed by atoms with Gasteiger partial charge in [0, 0.05) is 44.8 Å². The molecule has 3 aromatic heterocycles. The van der Waals surface area contributed by atoms with Crippen molar-refractivity contribution >= 4 is 23.0 Å². The molecule has 5 heterocycles. The molecule has 0 radical (unpaired) electrons. The van der Waals surface area contributed by atoms with Gasteiger partial charge in [-0.15, -0.1) is 0 Å². The van der Waals surface area contributed by atoms with Crippen molar-refractivity contribution in [3.8, 4) is 0 Å². The Hall–Kier alpha value is -3.29. The van der Waals surface area contributed by atoms with Crippen molar-refractivity contribution in [3.05, 3.63) is 54.2 Å². The van der Waals surface area contributed by atoms with Crippen LogP contribution in [-0.2, 0) is 0 Å². The van der Waals surface area contributed by atoms with Crippen LogP contribution in [0.4, 0.5) is 0 Å².